The molecule has 4 aromatic carbocycles. The number of thioether (sulfide) groups is 1. The van der Waals surface area contributed by atoms with Gasteiger partial charge in [-0.25, -0.2) is 9.38 Å². The van der Waals surface area contributed by atoms with E-state index in [2.05, 4.69) is 17.0 Å². The highest BCUT2D eigenvalue weighted by molar-refractivity contribution is 8.13. The highest BCUT2D eigenvalue weighted by atomic mass is 35.5. The Bertz CT molecular complexity index is 1230. The molecule has 33 heavy (non-hydrogen) atoms. The van der Waals surface area contributed by atoms with Crippen LogP contribution >= 0.6 is 35.0 Å². The molecular formula is C27H21Cl2FN2S. The van der Waals surface area contributed by atoms with E-state index in [4.69, 9.17) is 28.2 Å². The quantitative estimate of drug-likeness (QED) is 0.151. The predicted molar refractivity (Wildman–Crippen MR) is 138 cm³/mol. The Morgan fingerprint density at radius 3 is 2.12 bits per heavy atom. The molecule has 0 spiro atoms. The highest BCUT2D eigenvalue weighted by Gasteiger charge is 2.16. The Kier molecular flexibility index (Phi) is 8.05. The van der Waals surface area contributed by atoms with Gasteiger partial charge >= 0.3 is 0 Å². The SMILES string of the molecule is Fc1cccc(N=C(Sc2ccccc2)N(Cc2ccccc2)Cc2ccc(Cl)c(Cl)c2)c1. The third-order valence-electron chi connectivity index (χ3n) is 4.83. The van der Waals surface area contributed by atoms with Gasteiger partial charge in [0.2, 0.25) is 0 Å². The lowest BCUT2D eigenvalue weighted by molar-refractivity contribution is 0.415. The molecule has 166 valence electrons. The minimum absolute atomic E-state index is 0.320. The molecule has 0 saturated carbocycles. The molecule has 0 fully saturated rings. The summed E-state index contributed by atoms with van der Waals surface area (Å²) in [5.74, 6) is -0.320. The fraction of sp³-hybridized carbons (Fsp3) is 0.0741. The van der Waals surface area contributed by atoms with Crippen molar-refractivity contribution in [1.29, 1.82) is 0 Å². The summed E-state index contributed by atoms with van der Waals surface area (Å²) in [7, 11) is 0. The van der Waals surface area contributed by atoms with Crippen LogP contribution in [0.4, 0.5) is 10.1 Å². The molecule has 0 saturated heterocycles. The van der Waals surface area contributed by atoms with Crippen molar-refractivity contribution in [1.82, 2.24) is 4.90 Å². The number of benzene rings is 4. The lowest BCUT2D eigenvalue weighted by atomic mass is 10.2. The number of hydrogen-bond acceptors (Lipinski definition) is 2. The molecule has 0 radical (unpaired) electrons. The van der Waals surface area contributed by atoms with E-state index >= 15 is 0 Å². The first-order valence-corrected chi connectivity index (χ1v) is 11.9. The standard InChI is InChI=1S/C27H21Cl2FN2S/c28-25-15-14-21(16-26(25)29)19-32(18-20-8-3-1-4-9-20)27(33-24-12-5-2-6-13-24)31-23-11-7-10-22(30)17-23/h1-17H,18-19H2. The molecule has 0 atom stereocenters. The van der Waals surface area contributed by atoms with Crippen LogP contribution in [-0.4, -0.2) is 10.1 Å². The van der Waals surface area contributed by atoms with Crippen molar-refractivity contribution in [3.63, 3.8) is 0 Å². The molecule has 4 rings (SSSR count). The zero-order chi connectivity index (χ0) is 23.0. The number of nitrogens with zero attached hydrogens (tertiary/aromatic N) is 2. The molecule has 0 bridgehead atoms. The Labute approximate surface area is 207 Å². The molecule has 0 aromatic heterocycles. The van der Waals surface area contributed by atoms with Crippen molar-refractivity contribution in [2.45, 2.75) is 18.0 Å². The van der Waals surface area contributed by atoms with Crippen LogP contribution in [0.5, 0.6) is 0 Å². The van der Waals surface area contributed by atoms with E-state index in [1.165, 1.54) is 23.9 Å². The van der Waals surface area contributed by atoms with E-state index in [1.54, 1.807) is 18.2 Å². The molecule has 6 heteroatoms. The maximum absolute atomic E-state index is 13.9. The summed E-state index contributed by atoms with van der Waals surface area (Å²) in [6.07, 6.45) is 0. The van der Waals surface area contributed by atoms with E-state index in [-0.39, 0.29) is 5.82 Å². The number of amidine groups is 1. The van der Waals surface area contributed by atoms with Crippen LogP contribution in [0.15, 0.2) is 113 Å². The first-order chi connectivity index (χ1) is 16.1. The van der Waals surface area contributed by atoms with Gasteiger partial charge in [-0.2, -0.15) is 0 Å². The van der Waals surface area contributed by atoms with E-state index in [0.29, 0.717) is 28.8 Å². The summed E-state index contributed by atoms with van der Waals surface area (Å²) in [5, 5.41) is 1.78. The van der Waals surface area contributed by atoms with Gasteiger partial charge in [-0.1, -0.05) is 95.6 Å². The Balaban J connectivity index is 1.75. The van der Waals surface area contributed by atoms with Crippen LogP contribution in [0, 0.1) is 5.82 Å². The zero-order valence-electron chi connectivity index (χ0n) is 17.7. The average molecular weight is 495 g/mol. The fourth-order valence-electron chi connectivity index (χ4n) is 3.26. The third-order valence-corrected chi connectivity index (χ3v) is 6.61. The maximum atomic E-state index is 13.9. The van der Waals surface area contributed by atoms with Crippen LogP contribution in [0.1, 0.15) is 11.1 Å². The van der Waals surface area contributed by atoms with Gasteiger partial charge in [-0.3, -0.25) is 0 Å². The lowest BCUT2D eigenvalue weighted by Crippen LogP contribution is -2.28. The van der Waals surface area contributed by atoms with Crippen LogP contribution in [-0.2, 0) is 13.1 Å². The van der Waals surface area contributed by atoms with Crippen LogP contribution in [0.3, 0.4) is 0 Å². The first-order valence-electron chi connectivity index (χ1n) is 10.4. The van der Waals surface area contributed by atoms with Crippen molar-refractivity contribution in [3.8, 4) is 0 Å². The molecule has 0 aliphatic heterocycles. The van der Waals surface area contributed by atoms with E-state index in [9.17, 15) is 4.39 Å². The summed E-state index contributed by atoms with van der Waals surface area (Å²) < 4.78 is 13.9. The van der Waals surface area contributed by atoms with Gasteiger partial charge in [-0.05, 0) is 53.6 Å². The molecule has 4 aromatic rings. The van der Waals surface area contributed by atoms with Crippen molar-refractivity contribution in [3.05, 3.63) is 130 Å². The lowest BCUT2D eigenvalue weighted by Gasteiger charge is -2.26. The first kappa shape index (κ1) is 23.4. The molecule has 0 unspecified atom stereocenters. The number of halogens is 3. The van der Waals surface area contributed by atoms with Crippen molar-refractivity contribution < 1.29 is 4.39 Å². The minimum Gasteiger partial charge on any atom is -0.342 e. The molecule has 0 N–H and O–H groups in total. The molecule has 0 aliphatic rings. The number of aliphatic imine (C=N–C) groups is 1. The average Bonchev–Trinajstić information content (AvgIpc) is 2.82. The van der Waals surface area contributed by atoms with Crippen molar-refractivity contribution in [2.75, 3.05) is 0 Å². The predicted octanol–water partition coefficient (Wildman–Crippen LogP) is 8.61. The van der Waals surface area contributed by atoms with Crippen LogP contribution in [0.25, 0.3) is 0 Å². The van der Waals surface area contributed by atoms with Gasteiger partial charge < -0.3 is 4.90 Å². The molecule has 2 nitrogen and oxygen atoms in total. The summed E-state index contributed by atoms with van der Waals surface area (Å²) in [6, 6.07) is 32.1. The third kappa shape index (κ3) is 6.84. The summed E-state index contributed by atoms with van der Waals surface area (Å²) >= 11 is 14.0. The van der Waals surface area contributed by atoms with E-state index in [1.807, 2.05) is 60.7 Å². The van der Waals surface area contributed by atoms with E-state index in [0.717, 1.165) is 21.2 Å². The highest BCUT2D eigenvalue weighted by Crippen LogP contribution is 2.29. The smallest absolute Gasteiger partial charge is 0.169 e. The Morgan fingerprint density at radius 1 is 0.727 bits per heavy atom. The molecule has 0 amide bonds. The summed E-state index contributed by atoms with van der Waals surface area (Å²) in [6.45, 7) is 1.18. The van der Waals surface area contributed by atoms with Crippen LogP contribution in [0.2, 0.25) is 10.0 Å². The van der Waals surface area contributed by atoms with Gasteiger partial charge in [-0.15, -0.1) is 0 Å². The summed E-state index contributed by atoms with van der Waals surface area (Å²) in [4.78, 5) is 8.06. The van der Waals surface area contributed by atoms with Gasteiger partial charge in [0.15, 0.2) is 5.17 Å². The van der Waals surface area contributed by atoms with Crippen molar-refractivity contribution >= 4 is 45.8 Å². The van der Waals surface area contributed by atoms with Crippen molar-refractivity contribution in [2.24, 2.45) is 4.99 Å². The van der Waals surface area contributed by atoms with E-state index < -0.39 is 0 Å². The second-order valence-electron chi connectivity index (χ2n) is 7.38. The van der Waals surface area contributed by atoms with Gasteiger partial charge in [0.25, 0.3) is 0 Å². The normalized spacial score (nSPS) is 11.4. The van der Waals surface area contributed by atoms with Gasteiger partial charge in [0.1, 0.15) is 5.82 Å². The van der Waals surface area contributed by atoms with Gasteiger partial charge in [0, 0.05) is 18.0 Å². The largest absolute Gasteiger partial charge is 0.342 e. The molecule has 0 heterocycles. The minimum atomic E-state index is -0.320. The second kappa shape index (κ2) is 11.4. The number of rotatable bonds is 6. The monoisotopic (exact) mass is 494 g/mol. The van der Waals surface area contributed by atoms with Crippen LogP contribution < -0.4 is 0 Å². The second-order valence-corrected chi connectivity index (χ2v) is 9.23. The Hall–Kier alpha value is -2.79. The molecular weight excluding hydrogens is 474 g/mol. The number of hydrogen-bond donors (Lipinski definition) is 0. The Morgan fingerprint density at radius 2 is 1.42 bits per heavy atom. The topological polar surface area (TPSA) is 15.6 Å². The zero-order valence-corrected chi connectivity index (χ0v) is 20.0. The van der Waals surface area contributed by atoms with Gasteiger partial charge in [0.05, 0.1) is 15.7 Å². The maximum Gasteiger partial charge on any atom is 0.169 e. The summed E-state index contributed by atoms with van der Waals surface area (Å²) in [5.41, 5.74) is 2.69. The molecule has 0 aliphatic carbocycles. The fourth-order valence-corrected chi connectivity index (χ4v) is 4.50.